The molecule has 2 N–H and O–H groups in total. The second kappa shape index (κ2) is 11.5. The summed E-state index contributed by atoms with van der Waals surface area (Å²) in [5.41, 5.74) is 2.37. The van der Waals surface area contributed by atoms with Crippen molar-refractivity contribution in [2.24, 2.45) is 0 Å². The van der Waals surface area contributed by atoms with Gasteiger partial charge in [0.2, 0.25) is 0 Å². The van der Waals surface area contributed by atoms with E-state index in [9.17, 15) is 13.2 Å². The van der Waals surface area contributed by atoms with Crippen LogP contribution in [0, 0.1) is 6.92 Å². The number of carbonyl (C=O) groups excluding carboxylic acids is 1. The molecule has 0 unspecified atom stereocenters. The molecule has 3 rings (SSSR count). The number of hydrogen-bond acceptors (Lipinski definition) is 4. The van der Waals surface area contributed by atoms with Crippen molar-refractivity contribution < 1.29 is 13.2 Å². The Kier molecular flexibility index (Phi) is 8.95. The van der Waals surface area contributed by atoms with Gasteiger partial charge in [-0.15, -0.1) is 0 Å². The topological polar surface area (TPSA) is 75.3 Å². The minimum Gasteiger partial charge on any atom is -0.351 e. The van der Waals surface area contributed by atoms with Gasteiger partial charge in [-0.2, -0.15) is 11.8 Å². The molecule has 33 heavy (non-hydrogen) atoms. The average molecular weight is 544 g/mol. The van der Waals surface area contributed by atoms with E-state index in [1.807, 2.05) is 13.0 Å². The van der Waals surface area contributed by atoms with Crippen LogP contribution in [0.25, 0.3) is 0 Å². The summed E-state index contributed by atoms with van der Waals surface area (Å²) in [7, 11) is -3.98. The fraction of sp³-hybridized carbons (Fsp3) is 0.174. The Morgan fingerprint density at radius 1 is 0.939 bits per heavy atom. The highest BCUT2D eigenvalue weighted by molar-refractivity contribution is 7.98. The van der Waals surface area contributed by atoms with E-state index >= 15 is 0 Å². The molecule has 0 spiro atoms. The number of aryl methyl sites for hydroxylation is 1. The van der Waals surface area contributed by atoms with Crippen LogP contribution in [0.3, 0.4) is 0 Å². The van der Waals surface area contributed by atoms with Crippen molar-refractivity contribution in [1.29, 1.82) is 0 Å². The van der Waals surface area contributed by atoms with Crippen LogP contribution in [-0.4, -0.2) is 26.6 Å². The quantitative estimate of drug-likeness (QED) is 0.305. The number of thioether (sulfide) groups is 1. The van der Waals surface area contributed by atoms with Crippen LogP contribution in [-0.2, 0) is 15.8 Å². The first-order chi connectivity index (χ1) is 15.7. The zero-order chi connectivity index (χ0) is 24.0. The van der Waals surface area contributed by atoms with Gasteiger partial charge in [-0.05, 0) is 60.5 Å². The molecular formula is C23H21Cl3N2O3S2. The van der Waals surface area contributed by atoms with E-state index in [0.29, 0.717) is 33.8 Å². The molecule has 0 heterocycles. The summed E-state index contributed by atoms with van der Waals surface area (Å²) in [6.07, 6.45) is 0. The summed E-state index contributed by atoms with van der Waals surface area (Å²) < 4.78 is 28.2. The number of anilines is 1. The Hall–Kier alpha value is -1.90. The Labute approximate surface area is 212 Å². The predicted molar refractivity (Wildman–Crippen MR) is 138 cm³/mol. The van der Waals surface area contributed by atoms with Gasteiger partial charge in [-0.3, -0.25) is 9.52 Å². The summed E-state index contributed by atoms with van der Waals surface area (Å²) in [5, 5.41) is 4.02. The number of rotatable bonds is 9. The molecule has 0 aromatic heterocycles. The first-order valence-corrected chi connectivity index (χ1v) is 13.6. The van der Waals surface area contributed by atoms with Gasteiger partial charge in [0.25, 0.3) is 15.9 Å². The standard InChI is InChI=1S/C23H21Cl3N2O3S2/c1-15-4-2-5-17(12-15)28-33(30,31)22-13-16(8-9-21(22)26)23(29)27-10-11-32-14-18-19(24)6-3-7-20(18)25/h2-9,12-13,28H,10-11,14H2,1H3,(H,27,29). The second-order valence-electron chi connectivity index (χ2n) is 7.13. The van der Waals surface area contributed by atoms with Gasteiger partial charge in [0.15, 0.2) is 0 Å². The Morgan fingerprint density at radius 2 is 1.64 bits per heavy atom. The smallest absolute Gasteiger partial charge is 0.263 e. The molecule has 5 nitrogen and oxygen atoms in total. The zero-order valence-corrected chi connectivity index (χ0v) is 21.5. The summed E-state index contributed by atoms with van der Waals surface area (Å²) in [4.78, 5) is 12.4. The third kappa shape index (κ3) is 7.04. The average Bonchev–Trinajstić information content (AvgIpc) is 2.75. The summed E-state index contributed by atoms with van der Waals surface area (Å²) in [6, 6.07) is 16.5. The molecule has 0 saturated heterocycles. The highest BCUT2D eigenvalue weighted by Gasteiger charge is 2.20. The van der Waals surface area contributed by atoms with Gasteiger partial charge < -0.3 is 5.32 Å². The summed E-state index contributed by atoms with van der Waals surface area (Å²) in [6.45, 7) is 2.24. The van der Waals surface area contributed by atoms with E-state index in [1.54, 1.807) is 48.2 Å². The largest absolute Gasteiger partial charge is 0.351 e. The van der Waals surface area contributed by atoms with Crippen LogP contribution in [0.1, 0.15) is 21.5 Å². The number of carbonyl (C=O) groups is 1. The normalized spacial score (nSPS) is 11.3. The van der Waals surface area contributed by atoms with Crippen LogP contribution >= 0.6 is 46.6 Å². The molecular weight excluding hydrogens is 523 g/mol. The number of benzene rings is 3. The fourth-order valence-corrected chi connectivity index (χ4v) is 6.12. The minimum atomic E-state index is -3.98. The molecule has 0 atom stereocenters. The van der Waals surface area contributed by atoms with Crippen molar-refractivity contribution in [1.82, 2.24) is 5.32 Å². The monoisotopic (exact) mass is 542 g/mol. The van der Waals surface area contributed by atoms with Crippen LogP contribution in [0.4, 0.5) is 5.69 Å². The molecule has 0 saturated carbocycles. The number of hydrogen-bond donors (Lipinski definition) is 2. The van der Waals surface area contributed by atoms with Gasteiger partial charge in [0.05, 0.1) is 5.02 Å². The van der Waals surface area contributed by atoms with Crippen molar-refractivity contribution in [2.45, 2.75) is 17.6 Å². The number of amides is 1. The third-order valence-corrected chi connectivity index (χ3v) is 8.15. The maximum atomic E-state index is 12.8. The maximum Gasteiger partial charge on any atom is 0.263 e. The molecule has 0 bridgehead atoms. The molecule has 3 aromatic rings. The highest BCUT2D eigenvalue weighted by atomic mass is 35.5. The molecule has 0 aliphatic heterocycles. The molecule has 0 aliphatic rings. The SMILES string of the molecule is Cc1cccc(NS(=O)(=O)c2cc(C(=O)NCCSCc3c(Cl)cccc3Cl)ccc2Cl)c1. The van der Waals surface area contributed by atoms with Crippen molar-refractivity contribution in [2.75, 3.05) is 17.0 Å². The maximum absolute atomic E-state index is 12.8. The van der Waals surface area contributed by atoms with Crippen molar-refractivity contribution in [3.8, 4) is 0 Å². The summed E-state index contributed by atoms with van der Waals surface area (Å²) >= 11 is 20.0. The van der Waals surface area contributed by atoms with E-state index < -0.39 is 15.9 Å². The molecule has 10 heteroatoms. The van der Waals surface area contributed by atoms with Gasteiger partial charge in [0, 0.05) is 39.3 Å². The van der Waals surface area contributed by atoms with Crippen molar-refractivity contribution in [3.05, 3.63) is 92.4 Å². The van der Waals surface area contributed by atoms with E-state index in [1.165, 1.54) is 18.2 Å². The third-order valence-electron chi connectivity index (χ3n) is 4.59. The van der Waals surface area contributed by atoms with Crippen molar-refractivity contribution >= 4 is 68.2 Å². The molecule has 3 aromatic carbocycles. The lowest BCUT2D eigenvalue weighted by Gasteiger charge is -2.12. The van der Waals surface area contributed by atoms with Gasteiger partial charge in [0.1, 0.15) is 4.90 Å². The Balaban J connectivity index is 1.60. The minimum absolute atomic E-state index is 0.0267. The Bertz CT molecular complexity index is 1250. The molecule has 0 radical (unpaired) electrons. The lowest BCUT2D eigenvalue weighted by atomic mass is 10.2. The first-order valence-electron chi connectivity index (χ1n) is 9.85. The summed E-state index contributed by atoms with van der Waals surface area (Å²) in [5.74, 6) is 0.846. The van der Waals surface area contributed by atoms with Gasteiger partial charge in [-0.1, -0.05) is 53.0 Å². The lowest BCUT2D eigenvalue weighted by molar-refractivity contribution is 0.0956. The van der Waals surface area contributed by atoms with E-state index in [-0.39, 0.29) is 15.5 Å². The highest BCUT2D eigenvalue weighted by Crippen LogP contribution is 2.28. The number of sulfonamides is 1. The van der Waals surface area contributed by atoms with E-state index in [0.717, 1.165) is 11.1 Å². The zero-order valence-electron chi connectivity index (χ0n) is 17.6. The molecule has 0 fully saturated rings. The molecule has 174 valence electrons. The fourth-order valence-electron chi connectivity index (χ4n) is 2.95. The number of nitrogens with one attached hydrogen (secondary N) is 2. The van der Waals surface area contributed by atoms with Crippen LogP contribution in [0.5, 0.6) is 0 Å². The second-order valence-corrected chi connectivity index (χ2v) is 11.1. The van der Waals surface area contributed by atoms with Crippen LogP contribution in [0.15, 0.2) is 65.6 Å². The molecule has 0 aliphatic carbocycles. The number of halogens is 3. The Morgan fingerprint density at radius 3 is 2.33 bits per heavy atom. The van der Waals surface area contributed by atoms with E-state index in [2.05, 4.69) is 10.0 Å². The van der Waals surface area contributed by atoms with Crippen molar-refractivity contribution in [3.63, 3.8) is 0 Å². The van der Waals surface area contributed by atoms with Gasteiger partial charge >= 0.3 is 0 Å². The van der Waals surface area contributed by atoms with Crippen LogP contribution in [0.2, 0.25) is 15.1 Å². The lowest BCUT2D eigenvalue weighted by Crippen LogP contribution is -2.26. The van der Waals surface area contributed by atoms with E-state index in [4.69, 9.17) is 34.8 Å². The van der Waals surface area contributed by atoms with Gasteiger partial charge in [-0.25, -0.2) is 8.42 Å². The first kappa shape index (κ1) is 25.7. The predicted octanol–water partition coefficient (Wildman–Crippen LogP) is 6.42. The van der Waals surface area contributed by atoms with Crippen LogP contribution < -0.4 is 10.0 Å². The molecule has 1 amide bonds.